The van der Waals surface area contributed by atoms with E-state index in [1.54, 1.807) is 41.0 Å². The third kappa shape index (κ3) is 3.51. The van der Waals surface area contributed by atoms with Crippen LogP contribution in [0.3, 0.4) is 0 Å². The van der Waals surface area contributed by atoms with Crippen molar-refractivity contribution in [2.45, 2.75) is 0 Å². The second-order valence-corrected chi connectivity index (χ2v) is 7.36. The van der Waals surface area contributed by atoms with Gasteiger partial charge in [-0.2, -0.15) is 5.10 Å². The summed E-state index contributed by atoms with van der Waals surface area (Å²) in [6.07, 6.45) is 4.51. The van der Waals surface area contributed by atoms with Crippen molar-refractivity contribution in [1.82, 2.24) is 29.5 Å². The van der Waals surface area contributed by atoms with Crippen LogP contribution in [0.25, 0.3) is 16.7 Å². The average molecular weight is 487 g/mol. The molecule has 11 heteroatoms. The summed E-state index contributed by atoms with van der Waals surface area (Å²) in [6.45, 7) is 0. The van der Waals surface area contributed by atoms with Gasteiger partial charge < -0.3 is 10.1 Å². The quantitative estimate of drug-likeness (QED) is 0.351. The van der Waals surface area contributed by atoms with Gasteiger partial charge in [-0.3, -0.25) is 0 Å². The maximum Gasteiger partial charge on any atom is 0.160 e. The van der Waals surface area contributed by atoms with Crippen LogP contribution in [0.4, 0.5) is 15.9 Å². The van der Waals surface area contributed by atoms with Crippen molar-refractivity contribution in [3.05, 3.63) is 70.7 Å². The Morgan fingerprint density at radius 2 is 1.90 bits per heavy atom. The van der Waals surface area contributed by atoms with Gasteiger partial charge in [0.2, 0.25) is 0 Å². The molecule has 5 rings (SSSR count). The minimum atomic E-state index is -0.522. The van der Waals surface area contributed by atoms with Crippen molar-refractivity contribution >= 4 is 55.7 Å². The molecule has 0 saturated heterocycles. The fourth-order valence-corrected chi connectivity index (χ4v) is 3.26. The van der Waals surface area contributed by atoms with Crippen molar-refractivity contribution in [3.8, 4) is 11.5 Å². The molecule has 0 bridgehead atoms. The Balaban J connectivity index is 1.42. The number of anilines is 2. The zero-order chi connectivity index (χ0) is 20.7. The number of aromatic nitrogens is 6. The molecule has 0 aliphatic carbocycles. The Labute approximate surface area is 181 Å². The van der Waals surface area contributed by atoms with E-state index in [1.807, 2.05) is 0 Å². The number of halogens is 3. The third-order valence-corrected chi connectivity index (χ3v) is 5.32. The minimum absolute atomic E-state index is 0.205. The van der Waals surface area contributed by atoms with Crippen LogP contribution < -0.4 is 10.1 Å². The lowest BCUT2D eigenvalue weighted by molar-refractivity contribution is 0.476. The van der Waals surface area contributed by atoms with Crippen LogP contribution in [-0.4, -0.2) is 29.5 Å². The van der Waals surface area contributed by atoms with E-state index in [0.717, 1.165) is 0 Å². The van der Waals surface area contributed by atoms with Crippen LogP contribution in [0.1, 0.15) is 0 Å². The second-order valence-electron chi connectivity index (χ2n) is 6.14. The van der Waals surface area contributed by atoms with E-state index in [2.05, 4.69) is 46.3 Å². The largest absolute Gasteiger partial charge is 0.457 e. The summed E-state index contributed by atoms with van der Waals surface area (Å²) < 4.78 is 22.7. The van der Waals surface area contributed by atoms with Gasteiger partial charge in [0.05, 0.1) is 15.7 Å². The molecule has 4 aromatic heterocycles. The third-order valence-electron chi connectivity index (χ3n) is 4.20. The molecule has 1 aromatic carbocycles. The van der Waals surface area contributed by atoms with E-state index in [4.69, 9.17) is 16.3 Å². The number of rotatable bonds is 4. The van der Waals surface area contributed by atoms with E-state index >= 15 is 0 Å². The van der Waals surface area contributed by atoms with Crippen LogP contribution in [0.5, 0.6) is 11.5 Å². The minimum Gasteiger partial charge on any atom is -0.457 e. The van der Waals surface area contributed by atoms with Crippen molar-refractivity contribution in [2.75, 3.05) is 5.32 Å². The molecule has 1 N–H and O–H groups in total. The zero-order valence-corrected chi connectivity index (χ0v) is 17.3. The number of benzene rings is 1. The highest BCUT2D eigenvalue weighted by Gasteiger charge is 2.12. The molecule has 30 heavy (non-hydrogen) atoms. The summed E-state index contributed by atoms with van der Waals surface area (Å²) in [5.74, 6) is 0.659. The van der Waals surface area contributed by atoms with Gasteiger partial charge in [-0.05, 0) is 40.2 Å². The van der Waals surface area contributed by atoms with Crippen molar-refractivity contribution in [2.24, 2.45) is 0 Å². The predicted molar refractivity (Wildman–Crippen MR) is 113 cm³/mol. The molecular weight excluding hydrogens is 477 g/mol. The Morgan fingerprint density at radius 3 is 2.77 bits per heavy atom. The normalized spacial score (nSPS) is 11.2. The zero-order valence-electron chi connectivity index (χ0n) is 14.9. The smallest absolute Gasteiger partial charge is 0.160 e. The molecule has 0 spiro atoms. The van der Waals surface area contributed by atoms with Gasteiger partial charge in [0, 0.05) is 18.3 Å². The summed E-state index contributed by atoms with van der Waals surface area (Å²) in [5, 5.41) is 7.21. The lowest BCUT2D eigenvalue weighted by Crippen LogP contribution is -2.00. The van der Waals surface area contributed by atoms with Crippen LogP contribution in [0.15, 0.2) is 59.7 Å². The number of fused-ring (bicyclic) bond motifs is 2. The molecule has 0 radical (unpaired) electrons. The van der Waals surface area contributed by atoms with Gasteiger partial charge >= 0.3 is 0 Å². The summed E-state index contributed by atoms with van der Waals surface area (Å²) in [6, 6.07) is 9.60. The molecule has 0 saturated carbocycles. The van der Waals surface area contributed by atoms with Crippen LogP contribution >= 0.6 is 27.5 Å². The van der Waals surface area contributed by atoms with Crippen LogP contribution in [-0.2, 0) is 0 Å². The highest BCUT2D eigenvalue weighted by atomic mass is 79.9. The van der Waals surface area contributed by atoms with E-state index < -0.39 is 5.82 Å². The van der Waals surface area contributed by atoms with Gasteiger partial charge in [-0.15, -0.1) is 0 Å². The van der Waals surface area contributed by atoms with Crippen LogP contribution in [0, 0.1) is 5.82 Å². The maximum atomic E-state index is 14.7. The van der Waals surface area contributed by atoms with Crippen LogP contribution in [0.2, 0.25) is 5.15 Å². The van der Waals surface area contributed by atoms with Gasteiger partial charge in [-0.25, -0.2) is 28.8 Å². The van der Waals surface area contributed by atoms with E-state index in [0.29, 0.717) is 38.5 Å². The number of hydrogen-bond acceptors (Lipinski definition) is 7. The highest BCUT2D eigenvalue weighted by molar-refractivity contribution is 9.10. The molecule has 5 aromatic rings. The summed E-state index contributed by atoms with van der Waals surface area (Å²) in [4.78, 5) is 16.7. The Morgan fingerprint density at radius 1 is 1.03 bits per heavy atom. The van der Waals surface area contributed by atoms with Gasteiger partial charge in [0.15, 0.2) is 11.5 Å². The SMILES string of the molecule is Fc1cc(Oc2ccn3ncnc3c2)ccc1Nc1ncnc2cc(Br)c(Cl)nc12. The van der Waals surface area contributed by atoms with Crippen molar-refractivity contribution < 1.29 is 9.13 Å². The molecular formula is C19H10BrClFN7O. The standard InChI is InChI=1S/C19H10BrClFN7O/c20-12-7-15-17(28-18(12)21)19(25-8-23-15)27-14-2-1-10(5-13(14)22)30-11-3-4-29-16(6-11)24-9-26-29/h1-9H,(H,23,25,27). The van der Waals surface area contributed by atoms with E-state index in [9.17, 15) is 4.39 Å². The molecule has 8 nitrogen and oxygen atoms in total. The molecule has 148 valence electrons. The molecule has 0 atom stereocenters. The maximum absolute atomic E-state index is 14.7. The number of ether oxygens (including phenoxy) is 1. The molecule has 0 amide bonds. The molecule has 0 aliphatic heterocycles. The number of hydrogen-bond donors (Lipinski definition) is 1. The lowest BCUT2D eigenvalue weighted by atomic mass is 10.2. The molecule has 0 aliphatic rings. The van der Waals surface area contributed by atoms with E-state index in [-0.39, 0.29) is 10.8 Å². The Kier molecular flexibility index (Phi) is 4.64. The topological polar surface area (TPSA) is 90.1 Å². The number of pyridine rings is 2. The second kappa shape index (κ2) is 7.47. The first kappa shape index (κ1) is 18.6. The Hall–Kier alpha value is -3.37. The van der Waals surface area contributed by atoms with Gasteiger partial charge in [0.1, 0.15) is 40.6 Å². The molecule has 0 unspecified atom stereocenters. The monoisotopic (exact) mass is 485 g/mol. The predicted octanol–water partition coefficient (Wildman–Crippen LogP) is 5.16. The lowest BCUT2D eigenvalue weighted by Gasteiger charge is -2.11. The fraction of sp³-hybridized carbons (Fsp3) is 0. The van der Waals surface area contributed by atoms with E-state index in [1.165, 1.54) is 18.7 Å². The number of nitrogens with zero attached hydrogens (tertiary/aromatic N) is 6. The molecule has 0 fully saturated rings. The summed E-state index contributed by atoms with van der Waals surface area (Å²) >= 11 is 9.39. The number of nitrogens with one attached hydrogen (secondary N) is 1. The summed E-state index contributed by atoms with van der Waals surface area (Å²) in [5.41, 5.74) is 1.82. The first-order valence-electron chi connectivity index (χ1n) is 8.57. The average Bonchev–Trinajstić information content (AvgIpc) is 3.19. The first-order valence-corrected chi connectivity index (χ1v) is 9.74. The first-order chi connectivity index (χ1) is 14.6. The van der Waals surface area contributed by atoms with Crippen molar-refractivity contribution in [1.29, 1.82) is 0 Å². The Bertz CT molecular complexity index is 1410. The van der Waals surface area contributed by atoms with Crippen molar-refractivity contribution in [3.63, 3.8) is 0 Å². The molecule has 4 heterocycles. The fourth-order valence-electron chi connectivity index (χ4n) is 2.82. The van der Waals surface area contributed by atoms with Gasteiger partial charge in [0.25, 0.3) is 0 Å². The van der Waals surface area contributed by atoms with Gasteiger partial charge in [-0.1, -0.05) is 11.6 Å². The highest BCUT2D eigenvalue weighted by Crippen LogP contribution is 2.31. The summed E-state index contributed by atoms with van der Waals surface area (Å²) in [7, 11) is 0.